The molecular weight excluding hydrogens is 270 g/mol. The second-order valence-electron chi connectivity index (χ2n) is 4.34. The molecule has 7 heteroatoms. The van der Waals surface area contributed by atoms with Crippen LogP contribution >= 0.6 is 11.6 Å². The Hall–Kier alpha value is -2.08. The van der Waals surface area contributed by atoms with E-state index in [-0.39, 0.29) is 29.5 Å². The lowest BCUT2D eigenvalue weighted by molar-refractivity contribution is -0.123. The van der Waals surface area contributed by atoms with Crippen LogP contribution in [0.2, 0.25) is 5.02 Å². The van der Waals surface area contributed by atoms with Crippen LogP contribution in [0.15, 0.2) is 18.2 Å². The fraction of sp³-hybridized carbons (Fsp3) is 0.250. The molecule has 19 heavy (non-hydrogen) atoms. The summed E-state index contributed by atoms with van der Waals surface area (Å²) in [5.74, 6) is -1.85. The maximum Gasteiger partial charge on any atom is 0.248 e. The predicted molar refractivity (Wildman–Crippen MR) is 69.6 cm³/mol. The number of rotatable bonds is 3. The van der Waals surface area contributed by atoms with Crippen molar-refractivity contribution in [2.24, 2.45) is 17.4 Å². The highest BCUT2D eigenvalue weighted by Crippen LogP contribution is 2.31. The second kappa shape index (κ2) is 4.89. The topological polar surface area (TPSA) is 106 Å². The average Bonchev–Trinajstić information content (AvgIpc) is 2.71. The van der Waals surface area contributed by atoms with E-state index in [1.807, 2.05) is 0 Å². The number of amides is 3. The molecule has 0 spiro atoms. The zero-order chi connectivity index (χ0) is 14.2. The van der Waals surface area contributed by atoms with Gasteiger partial charge in [0.1, 0.15) is 0 Å². The van der Waals surface area contributed by atoms with Crippen LogP contribution in [0, 0.1) is 5.92 Å². The molecule has 0 radical (unpaired) electrons. The van der Waals surface area contributed by atoms with Crippen molar-refractivity contribution in [2.45, 2.75) is 6.42 Å². The van der Waals surface area contributed by atoms with E-state index in [0.717, 1.165) is 0 Å². The first-order valence-corrected chi connectivity index (χ1v) is 5.97. The number of carbonyl (C=O) groups is 3. The molecule has 1 aromatic rings. The Morgan fingerprint density at radius 2 is 2.00 bits per heavy atom. The summed E-state index contributed by atoms with van der Waals surface area (Å²) >= 11 is 6.03. The molecule has 1 fully saturated rings. The number of halogens is 1. The lowest BCUT2D eigenvalue weighted by atomic mass is 10.1. The number of benzene rings is 1. The highest BCUT2D eigenvalue weighted by Gasteiger charge is 2.34. The Morgan fingerprint density at radius 3 is 2.47 bits per heavy atom. The summed E-state index contributed by atoms with van der Waals surface area (Å²) in [6, 6.07) is 4.40. The highest BCUT2D eigenvalue weighted by molar-refractivity contribution is 6.34. The normalized spacial score (nSPS) is 18.7. The SMILES string of the molecule is NC(=O)c1ccc(N2C[C@@H](C(N)=O)CC2=O)c(Cl)c1. The fourth-order valence-corrected chi connectivity index (χ4v) is 2.29. The molecule has 0 unspecified atom stereocenters. The van der Waals surface area contributed by atoms with E-state index in [4.69, 9.17) is 23.1 Å². The fourth-order valence-electron chi connectivity index (χ4n) is 2.01. The third-order valence-electron chi connectivity index (χ3n) is 3.05. The number of anilines is 1. The van der Waals surface area contributed by atoms with E-state index in [9.17, 15) is 14.4 Å². The van der Waals surface area contributed by atoms with Crippen molar-refractivity contribution in [3.63, 3.8) is 0 Å². The van der Waals surface area contributed by atoms with Crippen LogP contribution in [0.3, 0.4) is 0 Å². The van der Waals surface area contributed by atoms with Gasteiger partial charge in [-0.25, -0.2) is 0 Å². The zero-order valence-electron chi connectivity index (χ0n) is 9.93. The molecule has 0 aliphatic carbocycles. The van der Waals surface area contributed by atoms with E-state index in [1.54, 1.807) is 0 Å². The molecule has 3 amide bonds. The quantitative estimate of drug-likeness (QED) is 0.831. The molecule has 6 nitrogen and oxygen atoms in total. The maximum atomic E-state index is 11.8. The van der Waals surface area contributed by atoms with E-state index in [2.05, 4.69) is 0 Å². The van der Waals surface area contributed by atoms with Crippen molar-refractivity contribution >= 4 is 35.0 Å². The highest BCUT2D eigenvalue weighted by atomic mass is 35.5. The molecule has 1 saturated heterocycles. The van der Waals surface area contributed by atoms with Gasteiger partial charge in [-0.2, -0.15) is 0 Å². The Bertz CT molecular complexity index is 573. The van der Waals surface area contributed by atoms with E-state index < -0.39 is 17.7 Å². The third-order valence-corrected chi connectivity index (χ3v) is 3.35. The molecule has 2 rings (SSSR count). The van der Waals surface area contributed by atoms with Gasteiger partial charge < -0.3 is 16.4 Å². The number of carbonyl (C=O) groups excluding carboxylic acids is 3. The van der Waals surface area contributed by atoms with Crippen molar-refractivity contribution in [2.75, 3.05) is 11.4 Å². The van der Waals surface area contributed by atoms with Crippen molar-refractivity contribution in [3.05, 3.63) is 28.8 Å². The lowest BCUT2D eigenvalue weighted by Gasteiger charge is -2.18. The van der Waals surface area contributed by atoms with Gasteiger partial charge in [0.05, 0.1) is 16.6 Å². The molecule has 0 saturated carbocycles. The lowest BCUT2D eigenvalue weighted by Crippen LogP contribution is -2.28. The van der Waals surface area contributed by atoms with Gasteiger partial charge in [-0.1, -0.05) is 11.6 Å². The van der Waals surface area contributed by atoms with Gasteiger partial charge >= 0.3 is 0 Å². The summed E-state index contributed by atoms with van der Waals surface area (Å²) < 4.78 is 0. The number of nitrogens with zero attached hydrogens (tertiary/aromatic N) is 1. The monoisotopic (exact) mass is 281 g/mol. The van der Waals surface area contributed by atoms with Crippen molar-refractivity contribution in [1.29, 1.82) is 0 Å². The van der Waals surface area contributed by atoms with Crippen molar-refractivity contribution in [1.82, 2.24) is 0 Å². The minimum atomic E-state index is -0.601. The molecule has 1 heterocycles. The molecule has 100 valence electrons. The summed E-state index contributed by atoms with van der Waals surface area (Å²) in [7, 11) is 0. The van der Waals surface area contributed by atoms with Crippen molar-refractivity contribution in [3.8, 4) is 0 Å². The van der Waals surface area contributed by atoms with Crippen LogP contribution in [0.1, 0.15) is 16.8 Å². The molecular formula is C12H12ClN3O3. The van der Waals surface area contributed by atoms with Gasteiger partial charge in [0.15, 0.2) is 0 Å². The zero-order valence-corrected chi connectivity index (χ0v) is 10.7. The summed E-state index contributed by atoms with van der Waals surface area (Å²) in [4.78, 5) is 35.3. The molecule has 1 aliphatic heterocycles. The summed E-state index contributed by atoms with van der Waals surface area (Å²) in [6.07, 6.45) is 0.0727. The summed E-state index contributed by atoms with van der Waals surface area (Å²) in [5.41, 5.74) is 11.0. The smallest absolute Gasteiger partial charge is 0.248 e. The van der Waals surface area contributed by atoms with E-state index >= 15 is 0 Å². The first-order valence-electron chi connectivity index (χ1n) is 5.59. The molecule has 4 N–H and O–H groups in total. The second-order valence-corrected chi connectivity index (χ2v) is 4.75. The van der Waals surface area contributed by atoms with Crippen LogP contribution in [-0.2, 0) is 9.59 Å². The number of hydrogen-bond acceptors (Lipinski definition) is 3. The van der Waals surface area contributed by atoms with Crippen LogP contribution in [0.25, 0.3) is 0 Å². The Morgan fingerprint density at radius 1 is 1.32 bits per heavy atom. The molecule has 0 aromatic heterocycles. The molecule has 1 atom stereocenters. The predicted octanol–water partition coefficient (Wildman–Crippen LogP) is 0.277. The summed E-state index contributed by atoms with van der Waals surface area (Å²) in [5, 5.41) is 0.231. The first-order chi connectivity index (χ1) is 8.90. The molecule has 1 aliphatic rings. The Kier molecular flexibility index (Phi) is 3.44. The standard InChI is InChI=1S/C12H12ClN3O3/c13-8-3-6(11(14)18)1-2-9(8)16-5-7(12(15)19)4-10(16)17/h1-3,7H,4-5H2,(H2,14,18)(H2,15,19)/t7-/m0/s1. The van der Waals surface area contributed by atoms with Gasteiger partial charge in [-0.15, -0.1) is 0 Å². The first kappa shape index (κ1) is 13.4. The minimum absolute atomic E-state index is 0.0727. The van der Waals surface area contributed by atoms with Gasteiger partial charge in [-0.05, 0) is 18.2 Å². The van der Waals surface area contributed by atoms with E-state index in [1.165, 1.54) is 23.1 Å². The van der Waals surface area contributed by atoms with Crippen LogP contribution < -0.4 is 16.4 Å². The molecule has 1 aromatic carbocycles. The average molecular weight is 282 g/mol. The Balaban J connectivity index is 2.30. The van der Waals surface area contributed by atoms with E-state index in [0.29, 0.717) is 5.69 Å². The van der Waals surface area contributed by atoms with Gasteiger partial charge in [0, 0.05) is 18.5 Å². The number of nitrogens with two attached hydrogens (primary N) is 2. The number of primary amides is 2. The van der Waals surface area contributed by atoms with Crippen LogP contribution in [0.5, 0.6) is 0 Å². The van der Waals surface area contributed by atoms with Crippen molar-refractivity contribution < 1.29 is 14.4 Å². The third kappa shape index (κ3) is 2.53. The van der Waals surface area contributed by atoms with Gasteiger partial charge in [0.25, 0.3) is 0 Å². The van der Waals surface area contributed by atoms with Crippen LogP contribution in [0.4, 0.5) is 5.69 Å². The Labute approximate surface area is 114 Å². The van der Waals surface area contributed by atoms with Gasteiger partial charge in [-0.3, -0.25) is 14.4 Å². The molecule has 0 bridgehead atoms. The summed E-state index contributed by atoms with van der Waals surface area (Å²) in [6.45, 7) is 0.198. The maximum absolute atomic E-state index is 11.8. The number of hydrogen-bond donors (Lipinski definition) is 2. The van der Waals surface area contributed by atoms with Crippen LogP contribution in [-0.4, -0.2) is 24.3 Å². The minimum Gasteiger partial charge on any atom is -0.369 e. The van der Waals surface area contributed by atoms with Gasteiger partial charge in [0.2, 0.25) is 17.7 Å². The largest absolute Gasteiger partial charge is 0.369 e.